The van der Waals surface area contributed by atoms with E-state index in [0.29, 0.717) is 57.8 Å². The molecule has 4 heterocycles. The average molecular weight is 1120 g/mol. The van der Waals surface area contributed by atoms with Crippen molar-refractivity contribution in [2.75, 3.05) is 19.8 Å². The molecule has 0 spiro atoms. The van der Waals surface area contributed by atoms with E-state index in [4.69, 9.17) is 37.9 Å². The topological polar surface area (TPSA) is 391 Å². The highest BCUT2D eigenvalue weighted by molar-refractivity contribution is 5.79. The van der Waals surface area contributed by atoms with Crippen molar-refractivity contribution in [3.63, 3.8) is 0 Å². The summed E-state index contributed by atoms with van der Waals surface area (Å²) in [6.07, 6.45) is -26.3. The van der Waals surface area contributed by atoms with Gasteiger partial charge in [0.2, 0.25) is 6.29 Å². The zero-order chi connectivity index (χ0) is 57.1. The summed E-state index contributed by atoms with van der Waals surface area (Å²) in [5.41, 5.74) is -2.24. The van der Waals surface area contributed by atoms with Crippen LogP contribution in [-0.2, 0) is 47.5 Å². The highest BCUT2D eigenvalue weighted by Crippen LogP contribution is 2.76. The van der Waals surface area contributed by atoms with Crippen LogP contribution in [0.2, 0.25) is 0 Å². The fourth-order valence-corrected chi connectivity index (χ4v) is 16.3. The second-order valence-electron chi connectivity index (χ2n) is 26.2. The number of allylic oxidation sites excluding steroid dienone is 2. The number of hydrogen-bond donors (Lipinski definition) is 14. The molecular formula is C54H86O24. The molecule has 29 atom stereocenters. The summed E-state index contributed by atoms with van der Waals surface area (Å²) < 4.78 is 47.3. The molecule has 78 heavy (non-hydrogen) atoms. The maximum absolute atomic E-state index is 15.1. The van der Waals surface area contributed by atoms with Gasteiger partial charge in [-0.15, -0.1) is 0 Å². The van der Waals surface area contributed by atoms with E-state index in [2.05, 4.69) is 40.7 Å². The molecular weight excluding hydrogens is 1030 g/mol. The Kier molecular flexibility index (Phi) is 16.9. The van der Waals surface area contributed by atoms with E-state index in [9.17, 15) is 76.3 Å². The molecule has 0 bridgehead atoms. The third kappa shape index (κ3) is 9.72. The predicted molar refractivity (Wildman–Crippen MR) is 263 cm³/mol. The third-order valence-corrected chi connectivity index (χ3v) is 21.5. The van der Waals surface area contributed by atoms with Crippen molar-refractivity contribution in [2.45, 2.75) is 242 Å². The lowest BCUT2D eigenvalue weighted by molar-refractivity contribution is -0.373. The van der Waals surface area contributed by atoms with E-state index in [1.807, 2.05) is 6.92 Å². The second-order valence-corrected chi connectivity index (χ2v) is 26.2. The molecule has 0 amide bonds. The Balaban J connectivity index is 0.946. The van der Waals surface area contributed by atoms with E-state index < -0.39 is 176 Å². The van der Waals surface area contributed by atoms with Gasteiger partial charge in [-0.3, -0.25) is 4.79 Å². The number of aliphatic hydroxyl groups is 13. The highest BCUT2D eigenvalue weighted by Gasteiger charge is 2.71. The fourth-order valence-electron chi connectivity index (χ4n) is 16.3. The summed E-state index contributed by atoms with van der Waals surface area (Å²) in [6, 6.07) is 0. The molecule has 4 saturated heterocycles. The van der Waals surface area contributed by atoms with Crippen LogP contribution in [0, 0.1) is 50.2 Å². The Bertz CT molecular complexity index is 2200. The van der Waals surface area contributed by atoms with Gasteiger partial charge >= 0.3 is 11.9 Å². The molecule has 9 aliphatic rings. The normalized spacial score (nSPS) is 54.1. The number of hydrogen-bond acceptors (Lipinski definition) is 23. The Morgan fingerprint density at radius 3 is 1.88 bits per heavy atom. The van der Waals surface area contributed by atoms with Crippen molar-refractivity contribution >= 4 is 11.9 Å². The molecule has 24 nitrogen and oxygen atoms in total. The number of carboxylic acids is 1. The summed E-state index contributed by atoms with van der Waals surface area (Å²) in [4.78, 5) is 27.4. The van der Waals surface area contributed by atoms with Crippen LogP contribution in [0.4, 0.5) is 0 Å². The zero-order valence-corrected chi connectivity index (χ0v) is 45.5. The molecule has 0 aromatic rings. The molecule has 446 valence electrons. The first-order valence-corrected chi connectivity index (χ1v) is 27.8. The summed E-state index contributed by atoms with van der Waals surface area (Å²) in [7, 11) is 0. The molecule has 9 rings (SSSR count). The van der Waals surface area contributed by atoms with E-state index >= 15 is 4.79 Å². The van der Waals surface area contributed by atoms with Gasteiger partial charge in [-0.1, -0.05) is 53.2 Å². The Hall–Kier alpha value is -2.12. The van der Waals surface area contributed by atoms with E-state index in [0.717, 1.165) is 12.0 Å². The van der Waals surface area contributed by atoms with Crippen LogP contribution in [-0.4, -0.2) is 232 Å². The van der Waals surface area contributed by atoms with E-state index in [1.165, 1.54) is 6.92 Å². The number of carbonyl (C=O) groups excluding carboxylic acids is 1. The average Bonchev–Trinajstić information content (AvgIpc) is 3.48. The smallest absolute Gasteiger partial charge is 0.335 e. The second kappa shape index (κ2) is 21.8. The summed E-state index contributed by atoms with van der Waals surface area (Å²) in [5.74, 6) is -2.61. The number of aliphatic hydroxyl groups excluding tert-OH is 13. The number of ether oxygens (including phenoxy) is 8. The predicted octanol–water partition coefficient (Wildman–Crippen LogP) is -1.94. The first kappa shape index (κ1) is 60.5. The Labute approximate surface area is 453 Å². The van der Waals surface area contributed by atoms with Crippen molar-refractivity contribution in [3.05, 3.63) is 11.6 Å². The van der Waals surface area contributed by atoms with E-state index in [1.54, 1.807) is 0 Å². The summed E-state index contributed by atoms with van der Waals surface area (Å²) in [5, 5.41) is 150. The monoisotopic (exact) mass is 1120 g/mol. The SMILES string of the molecule is CC1OC(OC2C(OC3CCC4(C)C(CCC5(C)C4CC=C4C6CC(C)(C)CCC6(C(=O)OC6OC(COC7OC(CO)C(O)C(O)C7O)C(O)C(O)C6O)CCC45C)C3(C)CO)OC(C(=O)O)C(O)C2O)C(O)C(O)C1O. The molecule has 4 saturated carbocycles. The molecule has 29 unspecified atom stereocenters. The van der Waals surface area contributed by atoms with Gasteiger partial charge in [-0.25, -0.2) is 4.79 Å². The van der Waals surface area contributed by atoms with Gasteiger partial charge in [-0.05, 0) is 111 Å². The minimum atomic E-state index is -2.00. The van der Waals surface area contributed by atoms with Crippen molar-refractivity contribution < 1.29 is 119 Å². The molecule has 0 aromatic carbocycles. The fraction of sp³-hybridized carbons (Fsp3) is 0.926. The minimum Gasteiger partial charge on any atom is -0.479 e. The van der Waals surface area contributed by atoms with Crippen LogP contribution < -0.4 is 0 Å². The molecule has 24 heteroatoms. The molecule has 5 aliphatic carbocycles. The van der Waals surface area contributed by atoms with Crippen LogP contribution in [0.5, 0.6) is 0 Å². The van der Waals surface area contributed by atoms with Gasteiger partial charge < -0.3 is 109 Å². The van der Waals surface area contributed by atoms with Gasteiger partial charge in [0.15, 0.2) is 25.0 Å². The number of carbonyl (C=O) groups is 2. The van der Waals surface area contributed by atoms with Crippen molar-refractivity contribution in [1.29, 1.82) is 0 Å². The van der Waals surface area contributed by atoms with Crippen molar-refractivity contribution in [1.82, 2.24) is 0 Å². The van der Waals surface area contributed by atoms with Crippen LogP contribution in [0.25, 0.3) is 0 Å². The van der Waals surface area contributed by atoms with Gasteiger partial charge in [0.1, 0.15) is 85.5 Å². The van der Waals surface area contributed by atoms with Gasteiger partial charge in [0.25, 0.3) is 0 Å². The van der Waals surface area contributed by atoms with Crippen LogP contribution in [0.15, 0.2) is 11.6 Å². The first-order chi connectivity index (χ1) is 36.4. The third-order valence-electron chi connectivity index (χ3n) is 21.5. The van der Waals surface area contributed by atoms with Gasteiger partial charge in [-0.2, -0.15) is 0 Å². The maximum Gasteiger partial charge on any atom is 0.335 e. The van der Waals surface area contributed by atoms with E-state index in [-0.39, 0.29) is 35.2 Å². The minimum absolute atomic E-state index is 0.0605. The number of aliphatic carboxylic acids is 1. The first-order valence-electron chi connectivity index (χ1n) is 27.8. The maximum atomic E-state index is 15.1. The van der Waals surface area contributed by atoms with Crippen molar-refractivity contribution in [3.8, 4) is 0 Å². The lowest BCUT2D eigenvalue weighted by atomic mass is 9.33. The van der Waals surface area contributed by atoms with Crippen LogP contribution >= 0.6 is 0 Å². The lowest BCUT2D eigenvalue weighted by Crippen LogP contribution is -2.68. The Morgan fingerprint density at radius 2 is 1.23 bits per heavy atom. The summed E-state index contributed by atoms with van der Waals surface area (Å²) >= 11 is 0. The number of rotatable bonds is 12. The van der Waals surface area contributed by atoms with Crippen molar-refractivity contribution in [2.24, 2.45) is 50.2 Å². The number of carboxylic acid groups (broad SMARTS) is 1. The highest BCUT2D eigenvalue weighted by atomic mass is 16.8. The molecule has 4 aliphatic heterocycles. The molecule has 0 aromatic heterocycles. The Morgan fingerprint density at radius 1 is 0.615 bits per heavy atom. The molecule has 8 fully saturated rings. The number of esters is 1. The lowest BCUT2D eigenvalue weighted by Gasteiger charge is -2.71. The van der Waals surface area contributed by atoms with Crippen LogP contribution in [0.3, 0.4) is 0 Å². The largest absolute Gasteiger partial charge is 0.479 e. The zero-order valence-electron chi connectivity index (χ0n) is 45.5. The molecule has 0 radical (unpaired) electrons. The summed E-state index contributed by atoms with van der Waals surface area (Å²) in [6.45, 7) is 13.0. The van der Waals surface area contributed by atoms with Crippen LogP contribution in [0.1, 0.15) is 113 Å². The van der Waals surface area contributed by atoms with Gasteiger partial charge in [0.05, 0.1) is 37.4 Å². The standard InChI is InChI=1S/C54H86O24/c1-22-30(57)33(60)39(66)45(72-22)77-42-37(64)36(63)41(43(68)69)76-47(42)75-29-11-12-50(4)27(51(29,5)21-56)10-13-53(7)28(50)9-8-23-24-18-49(2,3)14-16-54(24,17-15-52(23,53)6)48(70)78-46-40(67)35(62)32(59)26(74-46)20-71-44-38(65)34(61)31(58)25(19-55)73-44/h8,22,24-42,44-47,55-67H,9-21H2,1-7H3,(H,68,69). The quantitative estimate of drug-likeness (QED) is 0.0574. The van der Waals surface area contributed by atoms with Gasteiger partial charge in [0, 0.05) is 5.41 Å². The number of fused-ring (bicyclic) bond motifs is 7. The molecule has 14 N–H and O–H groups in total.